The molecular formula is C16H26N2O2. The Labute approximate surface area is 121 Å². The Bertz CT molecular complexity index is 432. The Balaban J connectivity index is 2.03. The Morgan fingerprint density at radius 2 is 2.20 bits per heavy atom. The molecule has 1 aliphatic carbocycles. The summed E-state index contributed by atoms with van der Waals surface area (Å²) in [6.45, 7) is 3.95. The molecule has 0 radical (unpaired) electrons. The van der Waals surface area contributed by atoms with Crippen molar-refractivity contribution >= 4 is 5.69 Å². The molecule has 1 aromatic rings. The first-order valence-corrected chi connectivity index (χ1v) is 7.31. The molecule has 20 heavy (non-hydrogen) atoms. The highest BCUT2D eigenvalue weighted by molar-refractivity contribution is 5.54. The second-order valence-electron chi connectivity index (χ2n) is 5.78. The van der Waals surface area contributed by atoms with Crippen LogP contribution in [-0.4, -0.2) is 44.6 Å². The minimum atomic E-state index is -0.462. The van der Waals surface area contributed by atoms with Gasteiger partial charge in [0.05, 0.1) is 12.7 Å². The van der Waals surface area contributed by atoms with Gasteiger partial charge in [0.1, 0.15) is 0 Å². The van der Waals surface area contributed by atoms with Crippen LogP contribution in [0.15, 0.2) is 18.2 Å². The van der Waals surface area contributed by atoms with Gasteiger partial charge in [-0.15, -0.1) is 0 Å². The smallest absolute Gasteiger partial charge is 0.0947 e. The zero-order chi connectivity index (χ0) is 14.5. The molecule has 0 bridgehead atoms. The summed E-state index contributed by atoms with van der Waals surface area (Å²) < 4.78 is 4.99. The van der Waals surface area contributed by atoms with Crippen molar-refractivity contribution in [3.05, 3.63) is 29.3 Å². The van der Waals surface area contributed by atoms with E-state index in [-0.39, 0.29) is 0 Å². The molecule has 1 atom stereocenters. The average molecular weight is 278 g/mol. The van der Waals surface area contributed by atoms with Crippen LogP contribution in [0.3, 0.4) is 0 Å². The first kappa shape index (κ1) is 15.3. The number of nitrogens with one attached hydrogen (secondary N) is 1. The zero-order valence-electron chi connectivity index (χ0n) is 12.7. The van der Waals surface area contributed by atoms with Crippen LogP contribution in [0, 0.1) is 6.92 Å². The number of aliphatic hydroxyl groups excluding tert-OH is 1. The Hall–Kier alpha value is -1.10. The van der Waals surface area contributed by atoms with E-state index in [0.29, 0.717) is 19.2 Å². The van der Waals surface area contributed by atoms with Crippen LogP contribution in [0.1, 0.15) is 24.0 Å². The maximum atomic E-state index is 9.87. The molecule has 0 heterocycles. The highest BCUT2D eigenvalue weighted by Gasteiger charge is 2.21. The lowest BCUT2D eigenvalue weighted by molar-refractivity contribution is 0.0695. The normalized spacial score (nSPS) is 16.2. The molecule has 4 heteroatoms. The minimum Gasteiger partial charge on any atom is -0.389 e. The van der Waals surface area contributed by atoms with Gasteiger partial charge in [-0.25, -0.2) is 0 Å². The molecule has 0 spiro atoms. The maximum Gasteiger partial charge on any atom is 0.0947 e. The number of rotatable bonds is 8. The van der Waals surface area contributed by atoms with E-state index in [1.54, 1.807) is 7.11 Å². The molecule has 1 aliphatic rings. The number of ether oxygens (including phenoxy) is 1. The Morgan fingerprint density at radius 3 is 2.85 bits per heavy atom. The summed E-state index contributed by atoms with van der Waals surface area (Å²) >= 11 is 0. The number of benzene rings is 1. The zero-order valence-corrected chi connectivity index (χ0v) is 12.7. The second-order valence-corrected chi connectivity index (χ2v) is 5.78. The molecule has 2 N–H and O–H groups in total. The van der Waals surface area contributed by atoms with E-state index in [2.05, 4.69) is 35.3 Å². The Kier molecular flexibility index (Phi) is 5.40. The molecule has 1 unspecified atom stereocenters. The molecular weight excluding hydrogens is 252 g/mol. The number of nitrogens with zero attached hydrogens (tertiary/aromatic N) is 1. The lowest BCUT2D eigenvalue weighted by Gasteiger charge is -2.25. The first-order chi connectivity index (χ1) is 9.60. The van der Waals surface area contributed by atoms with Crippen molar-refractivity contribution in [1.82, 2.24) is 5.32 Å². The predicted octanol–water partition coefficient (Wildman–Crippen LogP) is 1.69. The van der Waals surface area contributed by atoms with E-state index in [1.165, 1.54) is 29.7 Å². The fourth-order valence-corrected chi connectivity index (χ4v) is 2.43. The molecule has 1 fully saturated rings. The number of anilines is 1. The van der Waals surface area contributed by atoms with Gasteiger partial charge >= 0.3 is 0 Å². The van der Waals surface area contributed by atoms with E-state index in [4.69, 9.17) is 4.74 Å². The fourth-order valence-electron chi connectivity index (χ4n) is 2.43. The van der Waals surface area contributed by atoms with Gasteiger partial charge in [0, 0.05) is 39.0 Å². The van der Waals surface area contributed by atoms with Gasteiger partial charge in [0.15, 0.2) is 0 Å². The summed E-state index contributed by atoms with van der Waals surface area (Å²) in [6.07, 6.45) is 2.13. The molecule has 2 rings (SSSR count). The predicted molar refractivity (Wildman–Crippen MR) is 82.2 cm³/mol. The molecule has 0 saturated heterocycles. The molecule has 4 nitrogen and oxygen atoms in total. The SMILES string of the molecule is COCC(O)CN(C)c1ccc(C)cc1CNC1CC1. The number of hydrogen-bond acceptors (Lipinski definition) is 4. The van der Waals surface area contributed by atoms with Crippen molar-refractivity contribution in [3.8, 4) is 0 Å². The van der Waals surface area contributed by atoms with Crippen LogP contribution in [0.5, 0.6) is 0 Å². The topological polar surface area (TPSA) is 44.7 Å². The standard InChI is InChI=1S/C16H26N2O2/c1-12-4-7-16(18(2)10-15(19)11-20-3)13(8-12)9-17-14-5-6-14/h4,7-8,14-15,17,19H,5-6,9-11H2,1-3H3. The van der Waals surface area contributed by atoms with Crippen molar-refractivity contribution in [2.45, 2.75) is 38.5 Å². The summed E-state index contributed by atoms with van der Waals surface area (Å²) in [4.78, 5) is 2.10. The van der Waals surface area contributed by atoms with Gasteiger partial charge in [-0.3, -0.25) is 0 Å². The van der Waals surface area contributed by atoms with Crippen molar-refractivity contribution < 1.29 is 9.84 Å². The molecule has 112 valence electrons. The second kappa shape index (κ2) is 7.07. The molecule has 1 saturated carbocycles. The number of aryl methyl sites for hydroxylation is 1. The fraction of sp³-hybridized carbons (Fsp3) is 0.625. The van der Waals surface area contributed by atoms with Crippen LogP contribution < -0.4 is 10.2 Å². The highest BCUT2D eigenvalue weighted by atomic mass is 16.5. The van der Waals surface area contributed by atoms with E-state index in [1.807, 2.05) is 7.05 Å². The van der Waals surface area contributed by atoms with Crippen molar-refractivity contribution in [1.29, 1.82) is 0 Å². The van der Waals surface area contributed by atoms with Crippen molar-refractivity contribution in [2.75, 3.05) is 32.2 Å². The van der Waals surface area contributed by atoms with E-state index >= 15 is 0 Å². The average Bonchev–Trinajstić information content (AvgIpc) is 3.20. The largest absolute Gasteiger partial charge is 0.389 e. The van der Waals surface area contributed by atoms with Crippen LogP contribution >= 0.6 is 0 Å². The lowest BCUT2D eigenvalue weighted by atomic mass is 10.1. The number of hydrogen-bond donors (Lipinski definition) is 2. The highest BCUT2D eigenvalue weighted by Crippen LogP contribution is 2.24. The van der Waals surface area contributed by atoms with Crippen LogP contribution in [-0.2, 0) is 11.3 Å². The van der Waals surface area contributed by atoms with E-state index < -0.39 is 6.10 Å². The summed E-state index contributed by atoms with van der Waals surface area (Å²) in [5, 5.41) is 13.4. The summed E-state index contributed by atoms with van der Waals surface area (Å²) in [7, 11) is 3.63. The van der Waals surface area contributed by atoms with Gasteiger partial charge in [-0.1, -0.05) is 17.7 Å². The third-order valence-electron chi connectivity index (χ3n) is 3.65. The lowest BCUT2D eigenvalue weighted by Crippen LogP contribution is -2.32. The van der Waals surface area contributed by atoms with Crippen LogP contribution in [0.4, 0.5) is 5.69 Å². The molecule has 0 aliphatic heterocycles. The van der Waals surface area contributed by atoms with Gasteiger partial charge in [0.2, 0.25) is 0 Å². The first-order valence-electron chi connectivity index (χ1n) is 7.31. The Morgan fingerprint density at radius 1 is 1.45 bits per heavy atom. The maximum absolute atomic E-state index is 9.87. The van der Waals surface area contributed by atoms with Gasteiger partial charge in [-0.05, 0) is 31.4 Å². The van der Waals surface area contributed by atoms with E-state index in [0.717, 1.165) is 6.54 Å². The minimum absolute atomic E-state index is 0.367. The van der Waals surface area contributed by atoms with Gasteiger partial charge in [0.25, 0.3) is 0 Å². The van der Waals surface area contributed by atoms with E-state index in [9.17, 15) is 5.11 Å². The number of aliphatic hydroxyl groups is 1. The molecule has 1 aromatic carbocycles. The van der Waals surface area contributed by atoms with Gasteiger partial charge < -0.3 is 20.1 Å². The van der Waals surface area contributed by atoms with Crippen LogP contribution in [0.2, 0.25) is 0 Å². The van der Waals surface area contributed by atoms with Gasteiger partial charge in [-0.2, -0.15) is 0 Å². The summed E-state index contributed by atoms with van der Waals surface area (Å²) in [6, 6.07) is 7.19. The third-order valence-corrected chi connectivity index (χ3v) is 3.65. The monoisotopic (exact) mass is 278 g/mol. The van der Waals surface area contributed by atoms with Crippen molar-refractivity contribution in [3.63, 3.8) is 0 Å². The third kappa shape index (κ3) is 4.47. The number of methoxy groups -OCH3 is 1. The quantitative estimate of drug-likeness (QED) is 0.759. The molecule has 0 aromatic heterocycles. The summed E-state index contributed by atoms with van der Waals surface area (Å²) in [5.74, 6) is 0. The van der Waals surface area contributed by atoms with Crippen molar-refractivity contribution in [2.24, 2.45) is 0 Å². The van der Waals surface area contributed by atoms with Crippen LogP contribution in [0.25, 0.3) is 0 Å². The molecule has 0 amide bonds. The summed E-state index contributed by atoms with van der Waals surface area (Å²) in [5.41, 5.74) is 3.75. The number of likely N-dealkylation sites (N-methyl/N-ethyl adjacent to an activating group) is 1.